The van der Waals surface area contributed by atoms with E-state index in [9.17, 15) is 18.0 Å². The number of esters is 1. The second-order valence-corrected chi connectivity index (χ2v) is 8.53. The minimum absolute atomic E-state index is 0.0123. The molecule has 11 heteroatoms. The third kappa shape index (κ3) is 3.68. The Morgan fingerprint density at radius 1 is 1.41 bits per heavy atom. The molecule has 2 atom stereocenters. The van der Waals surface area contributed by atoms with Gasteiger partial charge in [0.25, 0.3) is 4.93 Å². The number of rotatable bonds is 6. The Morgan fingerprint density at radius 2 is 2.15 bits per heavy atom. The summed E-state index contributed by atoms with van der Waals surface area (Å²) in [4.78, 5) is 21.7. The van der Waals surface area contributed by atoms with E-state index in [1.165, 1.54) is 12.3 Å². The predicted molar refractivity (Wildman–Crippen MR) is 97.7 cm³/mol. The average molecular weight is 414 g/mol. The van der Waals surface area contributed by atoms with E-state index in [0.717, 1.165) is 17.3 Å². The first-order valence-electron chi connectivity index (χ1n) is 7.93. The van der Waals surface area contributed by atoms with E-state index in [1.807, 2.05) is 0 Å². The van der Waals surface area contributed by atoms with Gasteiger partial charge >= 0.3 is 5.97 Å². The summed E-state index contributed by atoms with van der Waals surface area (Å²) in [5.41, 5.74) is 1.21. The molecule has 2 aliphatic rings. The summed E-state index contributed by atoms with van der Waals surface area (Å²) in [6.45, 7) is 1.17. The lowest BCUT2D eigenvalue weighted by atomic mass is 10.1. The number of carbonyl (C=O) groups excluding carboxylic acids is 2. The second kappa shape index (κ2) is 7.50. The smallest absolute Gasteiger partial charge is 0.302 e. The number of hydrogen-bond donors (Lipinski definition) is 2. The molecule has 0 aromatic heterocycles. The van der Waals surface area contributed by atoms with E-state index < -0.39 is 32.1 Å². The molecule has 3 N–H and O–H groups in total. The number of nitrogens with two attached hydrogens (primary N) is 1. The normalized spacial score (nSPS) is 23.9. The van der Waals surface area contributed by atoms with Crippen molar-refractivity contribution in [2.45, 2.75) is 23.5 Å². The Morgan fingerprint density at radius 3 is 2.85 bits per heavy atom. The number of anilines is 1. The van der Waals surface area contributed by atoms with Crippen molar-refractivity contribution in [1.82, 2.24) is 0 Å². The van der Waals surface area contributed by atoms with Crippen LogP contribution >= 0.6 is 11.8 Å². The minimum atomic E-state index is -4.28. The molecule has 9 nitrogen and oxygen atoms in total. The molecule has 2 heterocycles. The van der Waals surface area contributed by atoms with Gasteiger partial charge in [-0.25, -0.2) is 13.6 Å². The SMILES string of the molecule is CC(=O)OCCc1ccccc1NC(=O)C1SC=C2OCOC21S(N)(=O)=O. The number of para-hydroxylation sites is 1. The van der Waals surface area contributed by atoms with Crippen LogP contribution in [0.25, 0.3) is 0 Å². The summed E-state index contributed by atoms with van der Waals surface area (Å²) in [5, 5.41) is 8.32. The summed E-state index contributed by atoms with van der Waals surface area (Å²) in [6, 6.07) is 6.95. The lowest BCUT2D eigenvalue weighted by Crippen LogP contribution is -2.54. The van der Waals surface area contributed by atoms with Crippen LogP contribution in [0.5, 0.6) is 0 Å². The number of sulfonamides is 1. The van der Waals surface area contributed by atoms with Gasteiger partial charge in [-0.05, 0) is 11.6 Å². The number of carbonyl (C=O) groups is 2. The van der Waals surface area contributed by atoms with Gasteiger partial charge in [-0.1, -0.05) is 18.2 Å². The van der Waals surface area contributed by atoms with Gasteiger partial charge in [-0.3, -0.25) is 9.59 Å². The first-order valence-corrected chi connectivity index (χ1v) is 10.4. The largest absolute Gasteiger partial charge is 0.467 e. The quantitative estimate of drug-likeness (QED) is 0.649. The fourth-order valence-electron chi connectivity index (χ4n) is 2.86. The Hall–Kier alpha value is -2.08. The third-order valence-electron chi connectivity index (χ3n) is 4.10. The summed E-state index contributed by atoms with van der Waals surface area (Å²) >= 11 is 0.963. The van der Waals surface area contributed by atoms with Crippen molar-refractivity contribution in [2.75, 3.05) is 18.7 Å². The first-order chi connectivity index (χ1) is 12.8. The van der Waals surface area contributed by atoms with Gasteiger partial charge in [0.2, 0.25) is 15.9 Å². The number of fused-ring (bicyclic) bond motifs is 1. The molecule has 1 fully saturated rings. The topological polar surface area (TPSA) is 134 Å². The number of ether oxygens (including phenoxy) is 3. The van der Waals surface area contributed by atoms with Crippen molar-refractivity contribution in [3.63, 3.8) is 0 Å². The molecule has 3 rings (SSSR count). The molecule has 1 aromatic rings. The molecule has 27 heavy (non-hydrogen) atoms. The maximum atomic E-state index is 12.8. The fraction of sp³-hybridized carbons (Fsp3) is 0.375. The number of thioether (sulfide) groups is 1. The van der Waals surface area contributed by atoms with Gasteiger partial charge in [-0.2, -0.15) is 0 Å². The van der Waals surface area contributed by atoms with E-state index in [-0.39, 0.29) is 19.2 Å². The van der Waals surface area contributed by atoms with Gasteiger partial charge in [0.1, 0.15) is 5.25 Å². The Kier molecular flexibility index (Phi) is 5.47. The van der Waals surface area contributed by atoms with Crippen LogP contribution in [0.3, 0.4) is 0 Å². The molecule has 1 amide bonds. The number of benzene rings is 1. The average Bonchev–Trinajstić information content (AvgIpc) is 3.15. The molecule has 2 unspecified atom stereocenters. The number of amides is 1. The van der Waals surface area contributed by atoms with Crippen LogP contribution < -0.4 is 10.5 Å². The van der Waals surface area contributed by atoms with Crippen LogP contribution in [0.2, 0.25) is 0 Å². The second-order valence-electron chi connectivity index (χ2n) is 5.85. The van der Waals surface area contributed by atoms with Gasteiger partial charge in [0.15, 0.2) is 12.6 Å². The lowest BCUT2D eigenvalue weighted by molar-refractivity contribution is -0.140. The van der Waals surface area contributed by atoms with E-state index in [2.05, 4.69) is 5.32 Å². The highest BCUT2D eigenvalue weighted by molar-refractivity contribution is 8.05. The molecule has 0 bridgehead atoms. The maximum Gasteiger partial charge on any atom is 0.302 e. The van der Waals surface area contributed by atoms with Crippen molar-refractivity contribution < 1.29 is 32.2 Å². The van der Waals surface area contributed by atoms with E-state index in [0.29, 0.717) is 12.1 Å². The zero-order chi connectivity index (χ0) is 19.7. The van der Waals surface area contributed by atoms with Crippen molar-refractivity contribution in [1.29, 1.82) is 0 Å². The summed E-state index contributed by atoms with van der Waals surface area (Å²) in [7, 11) is -4.28. The zero-order valence-electron chi connectivity index (χ0n) is 14.3. The highest BCUT2D eigenvalue weighted by Crippen LogP contribution is 2.48. The zero-order valence-corrected chi connectivity index (χ0v) is 16.0. The van der Waals surface area contributed by atoms with E-state index >= 15 is 0 Å². The molecule has 0 radical (unpaired) electrons. The molecular weight excluding hydrogens is 396 g/mol. The molecule has 1 saturated heterocycles. The van der Waals surface area contributed by atoms with Gasteiger partial charge in [-0.15, -0.1) is 11.8 Å². The highest BCUT2D eigenvalue weighted by atomic mass is 32.2. The van der Waals surface area contributed by atoms with Crippen molar-refractivity contribution >= 4 is 39.3 Å². The van der Waals surface area contributed by atoms with E-state index in [4.69, 9.17) is 19.3 Å². The van der Waals surface area contributed by atoms with Crippen molar-refractivity contribution in [2.24, 2.45) is 5.14 Å². The summed E-state index contributed by atoms with van der Waals surface area (Å²) in [6.07, 6.45) is 0.386. The number of nitrogens with one attached hydrogen (secondary N) is 1. The molecule has 146 valence electrons. The van der Waals surface area contributed by atoms with Crippen LogP contribution in [-0.2, 0) is 40.2 Å². The molecular formula is C16H18N2O7S2. The standard InChI is InChI=1S/C16H18N2O7S2/c1-10(19)23-7-6-11-4-2-3-5-12(11)18-15(20)14-16(27(17,21)22)13(8-26-14)24-9-25-16/h2-5,8,14H,6-7,9H2,1H3,(H,18,20)(H2,17,21,22). The summed E-state index contributed by atoms with van der Waals surface area (Å²) < 4.78 is 39.7. The van der Waals surface area contributed by atoms with Crippen LogP contribution in [0.1, 0.15) is 12.5 Å². The van der Waals surface area contributed by atoms with Crippen molar-refractivity contribution in [3.05, 3.63) is 41.0 Å². The highest BCUT2D eigenvalue weighted by Gasteiger charge is 2.64. The van der Waals surface area contributed by atoms with Crippen LogP contribution in [-0.4, -0.2) is 43.9 Å². The molecule has 2 aliphatic heterocycles. The van der Waals surface area contributed by atoms with Gasteiger partial charge in [0.05, 0.1) is 6.61 Å². The predicted octanol–water partition coefficient (Wildman–Crippen LogP) is 0.677. The third-order valence-corrected chi connectivity index (χ3v) is 6.82. The Balaban J connectivity index is 1.79. The fourth-order valence-corrected chi connectivity index (χ4v) is 5.57. The Bertz CT molecular complexity index is 900. The number of primary sulfonamides is 1. The molecule has 0 saturated carbocycles. The molecule has 1 aromatic carbocycles. The van der Waals surface area contributed by atoms with Crippen LogP contribution in [0, 0.1) is 0 Å². The van der Waals surface area contributed by atoms with Crippen molar-refractivity contribution in [3.8, 4) is 0 Å². The molecule has 0 aliphatic carbocycles. The Labute approximate surface area is 160 Å². The lowest BCUT2D eigenvalue weighted by Gasteiger charge is -2.27. The summed E-state index contributed by atoms with van der Waals surface area (Å²) in [5.74, 6) is -0.977. The van der Waals surface area contributed by atoms with Crippen LogP contribution in [0.15, 0.2) is 35.4 Å². The van der Waals surface area contributed by atoms with E-state index in [1.54, 1.807) is 24.3 Å². The first kappa shape index (κ1) is 19.7. The minimum Gasteiger partial charge on any atom is -0.467 e. The maximum absolute atomic E-state index is 12.8. The van der Waals surface area contributed by atoms with Gasteiger partial charge < -0.3 is 19.5 Å². The van der Waals surface area contributed by atoms with Crippen LogP contribution in [0.4, 0.5) is 5.69 Å². The van der Waals surface area contributed by atoms with Gasteiger partial charge in [0, 0.05) is 24.4 Å². The number of hydrogen-bond acceptors (Lipinski definition) is 8. The monoisotopic (exact) mass is 414 g/mol. The molecule has 0 spiro atoms.